The Hall–Kier alpha value is -1.81. The molecule has 5 heteroatoms. The quantitative estimate of drug-likeness (QED) is 0.676. The van der Waals surface area contributed by atoms with Crippen LogP contribution in [0.2, 0.25) is 5.02 Å². The molecule has 1 aromatic carbocycles. The highest BCUT2D eigenvalue weighted by Crippen LogP contribution is 2.39. The second kappa shape index (κ2) is 8.05. The molecule has 1 heterocycles. The summed E-state index contributed by atoms with van der Waals surface area (Å²) < 4.78 is 2.12. The largest absolute Gasteiger partial charge is 0.476 e. The van der Waals surface area contributed by atoms with Crippen molar-refractivity contribution in [2.45, 2.75) is 76.2 Å². The zero-order valence-electron chi connectivity index (χ0n) is 15.7. The molecule has 0 saturated heterocycles. The number of carboxylic acids is 1. The lowest BCUT2D eigenvalue weighted by Gasteiger charge is -2.27. The predicted molar refractivity (Wildman–Crippen MR) is 107 cm³/mol. The van der Waals surface area contributed by atoms with E-state index in [9.17, 15) is 9.90 Å². The van der Waals surface area contributed by atoms with Gasteiger partial charge in [0.05, 0.1) is 6.04 Å². The van der Waals surface area contributed by atoms with Crippen LogP contribution in [0, 0.1) is 0 Å². The zero-order chi connectivity index (χ0) is 18.8. The van der Waals surface area contributed by atoms with E-state index < -0.39 is 5.97 Å². The molecule has 1 atom stereocenters. The fraction of sp³-hybridized carbons (Fsp3) is 0.545. The third-order valence-electron chi connectivity index (χ3n) is 6.21. The number of rotatable bonds is 4. The summed E-state index contributed by atoms with van der Waals surface area (Å²) in [6.07, 6.45) is 10.8. The van der Waals surface area contributed by atoms with Crippen molar-refractivity contribution in [3.63, 3.8) is 0 Å². The molecular formula is C22H27ClN2O2. The number of hydrogen-bond acceptors (Lipinski definition) is 2. The van der Waals surface area contributed by atoms with E-state index in [0.29, 0.717) is 6.04 Å². The lowest BCUT2D eigenvalue weighted by molar-refractivity contribution is 0.0687. The Morgan fingerprint density at radius 3 is 2.59 bits per heavy atom. The number of carbonyl (C=O) groups is 1. The van der Waals surface area contributed by atoms with Crippen molar-refractivity contribution in [3.8, 4) is 0 Å². The first-order valence-electron chi connectivity index (χ1n) is 10.2. The molecule has 0 radical (unpaired) electrons. The van der Waals surface area contributed by atoms with E-state index in [1.807, 2.05) is 18.2 Å². The van der Waals surface area contributed by atoms with Gasteiger partial charge in [0, 0.05) is 22.2 Å². The molecule has 1 aromatic heterocycles. The molecule has 2 aromatic rings. The Bertz CT molecular complexity index is 824. The minimum absolute atomic E-state index is 0.279. The predicted octanol–water partition coefficient (Wildman–Crippen LogP) is 5.79. The molecule has 0 bridgehead atoms. The van der Waals surface area contributed by atoms with E-state index in [1.54, 1.807) is 0 Å². The third kappa shape index (κ3) is 3.77. The van der Waals surface area contributed by atoms with Crippen LogP contribution in [-0.2, 0) is 12.8 Å². The standard InChI is InChI=1S/C22H27ClN2O2/c23-19-13-7-5-8-15(19)14-16-9-4-6-12-18-20(22(26)27)24-25(21(16)18)17-10-2-1-3-11-17/h5,7-8,13,16-17H,1-4,6,9-12,14H2,(H,26,27). The molecular weight excluding hydrogens is 360 g/mol. The van der Waals surface area contributed by atoms with Crippen LogP contribution in [0.1, 0.15) is 90.6 Å². The van der Waals surface area contributed by atoms with Crippen LogP contribution in [0.15, 0.2) is 24.3 Å². The van der Waals surface area contributed by atoms with Crippen molar-refractivity contribution in [1.82, 2.24) is 9.78 Å². The molecule has 1 unspecified atom stereocenters. The zero-order valence-corrected chi connectivity index (χ0v) is 16.4. The molecule has 27 heavy (non-hydrogen) atoms. The normalized spacial score (nSPS) is 20.9. The van der Waals surface area contributed by atoms with Crippen LogP contribution in [0.25, 0.3) is 0 Å². The minimum Gasteiger partial charge on any atom is -0.476 e. The van der Waals surface area contributed by atoms with Gasteiger partial charge in [-0.2, -0.15) is 5.10 Å². The molecule has 2 aliphatic rings. The summed E-state index contributed by atoms with van der Waals surface area (Å²) in [6, 6.07) is 8.36. The van der Waals surface area contributed by atoms with Gasteiger partial charge in [-0.3, -0.25) is 4.68 Å². The van der Waals surface area contributed by atoms with E-state index in [0.717, 1.165) is 61.1 Å². The van der Waals surface area contributed by atoms with E-state index in [-0.39, 0.29) is 11.6 Å². The fourth-order valence-corrected chi connectivity index (χ4v) is 5.11. The fourth-order valence-electron chi connectivity index (χ4n) is 4.89. The highest BCUT2D eigenvalue weighted by Gasteiger charge is 2.32. The first-order valence-corrected chi connectivity index (χ1v) is 10.6. The lowest BCUT2D eigenvalue weighted by atomic mass is 9.89. The number of aromatic carboxylic acids is 1. The molecule has 0 spiro atoms. The van der Waals surface area contributed by atoms with Crippen LogP contribution in [0.4, 0.5) is 0 Å². The van der Waals surface area contributed by atoms with Crippen LogP contribution >= 0.6 is 11.6 Å². The number of carboxylic acid groups (broad SMARTS) is 1. The number of hydrogen-bond donors (Lipinski definition) is 1. The summed E-state index contributed by atoms with van der Waals surface area (Å²) in [5, 5.41) is 15.2. The summed E-state index contributed by atoms with van der Waals surface area (Å²) in [4.78, 5) is 11.9. The van der Waals surface area contributed by atoms with Gasteiger partial charge in [-0.25, -0.2) is 4.79 Å². The molecule has 0 amide bonds. The Labute approximate surface area is 165 Å². The van der Waals surface area contributed by atoms with Crippen molar-refractivity contribution in [1.29, 1.82) is 0 Å². The van der Waals surface area contributed by atoms with Gasteiger partial charge in [0.1, 0.15) is 0 Å². The van der Waals surface area contributed by atoms with Crippen molar-refractivity contribution < 1.29 is 9.90 Å². The summed E-state index contributed by atoms with van der Waals surface area (Å²) >= 11 is 6.44. The molecule has 1 N–H and O–H groups in total. The van der Waals surface area contributed by atoms with E-state index >= 15 is 0 Å². The first kappa shape index (κ1) is 18.5. The van der Waals surface area contributed by atoms with Gasteiger partial charge in [-0.15, -0.1) is 0 Å². The average Bonchev–Trinajstić information content (AvgIpc) is 2.95. The van der Waals surface area contributed by atoms with Gasteiger partial charge >= 0.3 is 5.97 Å². The molecule has 0 aliphatic heterocycles. The Kier molecular flexibility index (Phi) is 5.53. The van der Waals surface area contributed by atoms with E-state index in [1.165, 1.54) is 25.0 Å². The minimum atomic E-state index is -0.890. The average molecular weight is 387 g/mol. The maximum absolute atomic E-state index is 11.9. The summed E-state index contributed by atoms with van der Waals surface area (Å²) in [5.41, 5.74) is 3.58. The number of halogens is 1. The SMILES string of the molecule is O=C(O)c1nn(C2CCCCC2)c2c1CCCCC2Cc1ccccc1Cl. The van der Waals surface area contributed by atoms with Crippen LogP contribution in [-0.4, -0.2) is 20.9 Å². The smallest absolute Gasteiger partial charge is 0.356 e. The second-order valence-corrected chi connectivity index (χ2v) is 8.40. The second-order valence-electron chi connectivity index (χ2n) is 7.99. The van der Waals surface area contributed by atoms with Crippen LogP contribution in [0.3, 0.4) is 0 Å². The molecule has 4 rings (SSSR count). The Balaban J connectivity index is 1.78. The number of aromatic nitrogens is 2. The van der Waals surface area contributed by atoms with Crippen molar-refractivity contribution in [2.75, 3.05) is 0 Å². The number of fused-ring (bicyclic) bond motifs is 1. The van der Waals surface area contributed by atoms with Gasteiger partial charge < -0.3 is 5.11 Å². The third-order valence-corrected chi connectivity index (χ3v) is 6.58. The topological polar surface area (TPSA) is 55.1 Å². The van der Waals surface area contributed by atoms with Crippen molar-refractivity contribution in [3.05, 3.63) is 51.8 Å². The van der Waals surface area contributed by atoms with Gasteiger partial charge in [0.2, 0.25) is 0 Å². The van der Waals surface area contributed by atoms with Gasteiger partial charge in [-0.1, -0.05) is 55.5 Å². The monoisotopic (exact) mass is 386 g/mol. The molecule has 144 valence electrons. The highest BCUT2D eigenvalue weighted by atomic mass is 35.5. The summed E-state index contributed by atoms with van der Waals surface area (Å²) in [5.74, 6) is -0.607. The molecule has 1 fully saturated rings. The van der Waals surface area contributed by atoms with E-state index in [2.05, 4.69) is 15.8 Å². The molecule has 1 saturated carbocycles. The highest BCUT2D eigenvalue weighted by molar-refractivity contribution is 6.31. The Morgan fingerprint density at radius 2 is 1.85 bits per heavy atom. The van der Waals surface area contributed by atoms with Crippen molar-refractivity contribution in [2.24, 2.45) is 0 Å². The van der Waals surface area contributed by atoms with Gasteiger partial charge in [0.25, 0.3) is 0 Å². The maximum atomic E-state index is 11.9. The number of benzene rings is 1. The van der Waals surface area contributed by atoms with Crippen LogP contribution in [0.5, 0.6) is 0 Å². The van der Waals surface area contributed by atoms with Crippen LogP contribution < -0.4 is 0 Å². The van der Waals surface area contributed by atoms with E-state index in [4.69, 9.17) is 11.6 Å². The Morgan fingerprint density at radius 1 is 1.11 bits per heavy atom. The summed E-state index contributed by atoms with van der Waals surface area (Å²) in [7, 11) is 0. The lowest BCUT2D eigenvalue weighted by Crippen LogP contribution is -2.20. The number of nitrogens with zero attached hydrogens (tertiary/aromatic N) is 2. The summed E-state index contributed by atoms with van der Waals surface area (Å²) in [6.45, 7) is 0. The molecule has 4 nitrogen and oxygen atoms in total. The van der Waals surface area contributed by atoms with Gasteiger partial charge in [0.15, 0.2) is 5.69 Å². The molecule has 2 aliphatic carbocycles. The van der Waals surface area contributed by atoms with Crippen molar-refractivity contribution >= 4 is 17.6 Å². The first-order chi connectivity index (χ1) is 13.1. The van der Waals surface area contributed by atoms with Gasteiger partial charge in [-0.05, 0) is 50.2 Å². The maximum Gasteiger partial charge on any atom is 0.356 e.